The Bertz CT molecular complexity index is 418. The predicted molar refractivity (Wildman–Crippen MR) is 51.9 cm³/mol. The summed E-state index contributed by atoms with van der Waals surface area (Å²) in [6.07, 6.45) is 0. The molecule has 0 saturated heterocycles. The maximum absolute atomic E-state index is 11.7. The highest BCUT2D eigenvalue weighted by molar-refractivity contribution is 5.65. The van der Waals surface area contributed by atoms with Gasteiger partial charge in [0.05, 0.1) is 0 Å². The van der Waals surface area contributed by atoms with Crippen molar-refractivity contribution in [1.29, 1.82) is 0 Å². The average molecular weight is 225 g/mol. The van der Waals surface area contributed by atoms with Crippen molar-refractivity contribution in [2.24, 2.45) is 0 Å². The average Bonchev–Trinajstić information content (AvgIpc) is 2.28. The molecule has 0 N–H and O–H groups in total. The number of nitrogens with zero attached hydrogens (tertiary/aromatic N) is 1. The monoisotopic (exact) mass is 225 g/mol. The number of pyridine rings is 1. The number of esters is 1. The Kier molecular flexibility index (Phi) is 2.80. The van der Waals surface area contributed by atoms with Crippen LogP contribution in [-0.2, 0) is 16.1 Å². The molecule has 0 saturated carbocycles. The van der Waals surface area contributed by atoms with Crippen molar-refractivity contribution < 1.29 is 23.7 Å². The van der Waals surface area contributed by atoms with Crippen LogP contribution in [0.15, 0.2) is 12.1 Å². The molecule has 6 nitrogen and oxygen atoms in total. The number of carbonyl (C=O) groups is 1. The molecule has 16 heavy (non-hydrogen) atoms. The molecule has 0 bridgehead atoms. The van der Waals surface area contributed by atoms with Crippen molar-refractivity contribution in [1.82, 2.24) is 0 Å². The largest absolute Gasteiger partial charge is 0.616 e. The second kappa shape index (κ2) is 4.26. The van der Waals surface area contributed by atoms with E-state index >= 15 is 0 Å². The molecule has 0 aliphatic carbocycles. The first-order valence-electron chi connectivity index (χ1n) is 4.83. The molecular formula is C10H11NO5. The maximum atomic E-state index is 11.7. The molecule has 2 heterocycles. The lowest BCUT2D eigenvalue weighted by Crippen LogP contribution is -2.37. The quantitative estimate of drug-likeness (QED) is 0.407. The molecule has 1 aliphatic heterocycles. The van der Waals surface area contributed by atoms with Gasteiger partial charge in [-0.15, -0.1) is 4.73 Å². The van der Waals surface area contributed by atoms with Crippen LogP contribution in [0.5, 0.6) is 11.6 Å². The number of aromatic nitrogens is 1. The molecule has 6 heteroatoms. The van der Waals surface area contributed by atoms with Gasteiger partial charge in [0, 0.05) is 13.0 Å². The molecule has 1 aromatic heterocycles. The summed E-state index contributed by atoms with van der Waals surface area (Å²) in [5.41, 5.74) is 0.305. The summed E-state index contributed by atoms with van der Waals surface area (Å²) in [4.78, 5) is 10.6. The van der Waals surface area contributed by atoms with E-state index < -0.39 is 5.97 Å². The van der Waals surface area contributed by atoms with Crippen LogP contribution >= 0.6 is 0 Å². The summed E-state index contributed by atoms with van der Waals surface area (Å²) < 4.78 is 15.7. The molecule has 0 spiro atoms. The SMILES string of the molecule is CC(=O)OCc1ccc2c([n+]1[O-])OCCO2. The Labute approximate surface area is 91.9 Å². The topological polar surface area (TPSA) is 71.7 Å². The lowest BCUT2D eigenvalue weighted by atomic mass is 10.3. The smallest absolute Gasteiger partial charge is 0.423 e. The fourth-order valence-electron chi connectivity index (χ4n) is 1.35. The summed E-state index contributed by atoms with van der Waals surface area (Å²) in [6.45, 7) is 1.98. The van der Waals surface area contributed by atoms with E-state index in [9.17, 15) is 10.0 Å². The third-order valence-electron chi connectivity index (χ3n) is 2.09. The molecule has 0 fully saturated rings. The molecule has 0 amide bonds. The normalized spacial score (nSPS) is 13.3. The number of hydrogen-bond acceptors (Lipinski definition) is 5. The van der Waals surface area contributed by atoms with Gasteiger partial charge in [-0.25, -0.2) is 0 Å². The Balaban J connectivity index is 2.23. The lowest BCUT2D eigenvalue weighted by molar-refractivity contribution is -0.624. The Morgan fingerprint density at radius 3 is 3.00 bits per heavy atom. The third-order valence-corrected chi connectivity index (χ3v) is 2.09. The molecule has 0 radical (unpaired) electrons. The van der Waals surface area contributed by atoms with Gasteiger partial charge in [0.25, 0.3) is 0 Å². The van der Waals surface area contributed by atoms with Crippen LogP contribution < -0.4 is 14.2 Å². The molecule has 86 valence electrons. The highest BCUT2D eigenvalue weighted by atomic mass is 16.6. The third kappa shape index (κ3) is 2.00. The molecule has 1 aromatic rings. The summed E-state index contributed by atoms with van der Waals surface area (Å²) in [5.74, 6) is 0.0959. The van der Waals surface area contributed by atoms with E-state index in [2.05, 4.69) is 0 Å². The van der Waals surface area contributed by atoms with Gasteiger partial charge in [-0.05, 0) is 6.07 Å². The summed E-state index contributed by atoms with van der Waals surface area (Å²) in [6, 6.07) is 3.17. The number of ether oxygens (including phenoxy) is 3. The van der Waals surface area contributed by atoms with E-state index in [1.54, 1.807) is 12.1 Å². The number of hydrogen-bond donors (Lipinski definition) is 0. The fraction of sp³-hybridized carbons (Fsp3) is 0.400. The first-order chi connectivity index (χ1) is 7.68. The maximum Gasteiger partial charge on any atom is 0.423 e. The van der Waals surface area contributed by atoms with Crippen molar-refractivity contribution in [2.45, 2.75) is 13.5 Å². The Morgan fingerprint density at radius 2 is 2.25 bits per heavy atom. The minimum atomic E-state index is -0.435. The number of fused-ring (bicyclic) bond motifs is 1. The summed E-state index contributed by atoms with van der Waals surface area (Å²) in [5, 5.41) is 11.7. The van der Waals surface area contributed by atoms with Crippen molar-refractivity contribution in [2.75, 3.05) is 13.2 Å². The Hall–Kier alpha value is -1.98. The van der Waals surface area contributed by atoms with Crippen molar-refractivity contribution in [3.05, 3.63) is 23.0 Å². The fourth-order valence-corrected chi connectivity index (χ4v) is 1.35. The van der Waals surface area contributed by atoms with Crippen molar-refractivity contribution >= 4 is 5.97 Å². The van der Waals surface area contributed by atoms with E-state index in [1.807, 2.05) is 0 Å². The first-order valence-corrected chi connectivity index (χ1v) is 4.83. The molecule has 0 atom stereocenters. The minimum Gasteiger partial charge on any atom is -0.616 e. The standard InChI is InChI=1S/C10H11NO5/c1-7(12)16-6-8-2-3-9-10(11(8)13)15-5-4-14-9/h2-3H,4-6H2,1H3. The van der Waals surface area contributed by atoms with Gasteiger partial charge in [0.2, 0.25) is 11.4 Å². The zero-order chi connectivity index (χ0) is 11.5. The van der Waals surface area contributed by atoms with Crippen LogP contribution in [0.25, 0.3) is 0 Å². The van der Waals surface area contributed by atoms with Gasteiger partial charge in [-0.2, -0.15) is 0 Å². The van der Waals surface area contributed by atoms with Crippen LogP contribution in [0.4, 0.5) is 0 Å². The highest BCUT2D eigenvalue weighted by Gasteiger charge is 2.23. The van der Waals surface area contributed by atoms with Crippen LogP contribution in [0.1, 0.15) is 12.6 Å². The first kappa shape index (κ1) is 10.5. The van der Waals surface area contributed by atoms with E-state index in [0.717, 1.165) is 0 Å². The molecule has 2 rings (SSSR count). The van der Waals surface area contributed by atoms with Crippen molar-refractivity contribution in [3.63, 3.8) is 0 Å². The highest BCUT2D eigenvalue weighted by Crippen LogP contribution is 2.25. The molecule has 1 aliphatic rings. The van der Waals surface area contributed by atoms with Crippen LogP contribution in [0, 0.1) is 5.21 Å². The predicted octanol–water partition coefficient (Wildman–Crippen LogP) is 0.154. The number of carbonyl (C=O) groups excluding carboxylic acids is 1. The number of rotatable bonds is 2. The second-order valence-corrected chi connectivity index (χ2v) is 3.27. The molecule has 0 unspecified atom stereocenters. The molecule has 0 aromatic carbocycles. The zero-order valence-corrected chi connectivity index (χ0v) is 8.76. The molecular weight excluding hydrogens is 214 g/mol. The minimum absolute atomic E-state index is 0.0739. The lowest BCUT2D eigenvalue weighted by Gasteiger charge is -2.17. The van der Waals surface area contributed by atoms with Gasteiger partial charge in [0.1, 0.15) is 13.2 Å². The van der Waals surface area contributed by atoms with Gasteiger partial charge in [-0.1, -0.05) is 0 Å². The van der Waals surface area contributed by atoms with Crippen LogP contribution in [0.3, 0.4) is 0 Å². The van der Waals surface area contributed by atoms with E-state index in [-0.39, 0.29) is 12.5 Å². The van der Waals surface area contributed by atoms with E-state index in [1.165, 1.54) is 6.92 Å². The van der Waals surface area contributed by atoms with E-state index in [0.29, 0.717) is 29.4 Å². The second-order valence-electron chi connectivity index (χ2n) is 3.27. The van der Waals surface area contributed by atoms with Gasteiger partial charge < -0.3 is 19.4 Å². The van der Waals surface area contributed by atoms with Crippen LogP contribution in [-0.4, -0.2) is 19.2 Å². The summed E-state index contributed by atoms with van der Waals surface area (Å²) >= 11 is 0. The zero-order valence-electron chi connectivity index (χ0n) is 8.76. The Morgan fingerprint density at radius 1 is 1.50 bits per heavy atom. The van der Waals surface area contributed by atoms with E-state index in [4.69, 9.17) is 14.2 Å². The van der Waals surface area contributed by atoms with Crippen molar-refractivity contribution in [3.8, 4) is 11.6 Å². The summed E-state index contributed by atoms with van der Waals surface area (Å²) in [7, 11) is 0. The van der Waals surface area contributed by atoms with Gasteiger partial charge >= 0.3 is 11.8 Å². The van der Waals surface area contributed by atoms with Gasteiger partial charge in [-0.3, -0.25) is 4.79 Å². The van der Waals surface area contributed by atoms with Gasteiger partial charge in [0.15, 0.2) is 6.61 Å². The van der Waals surface area contributed by atoms with Crippen LogP contribution in [0.2, 0.25) is 0 Å².